The fourth-order valence-corrected chi connectivity index (χ4v) is 2.17. The zero-order valence-electron chi connectivity index (χ0n) is 11.3. The summed E-state index contributed by atoms with van der Waals surface area (Å²) in [6.07, 6.45) is 0. The maximum Gasteiger partial charge on any atom is 2.00 e. The maximum atomic E-state index is 10.5. The van der Waals surface area contributed by atoms with Gasteiger partial charge in [-0.2, -0.15) is 8.42 Å². The van der Waals surface area contributed by atoms with Crippen LogP contribution in [0.5, 0.6) is 11.5 Å². The molecule has 0 saturated carbocycles. The number of hydrogen-bond acceptors (Lipinski definition) is 7. The van der Waals surface area contributed by atoms with Gasteiger partial charge in [0.05, 0.1) is 9.79 Å². The Morgan fingerprint density at radius 1 is 0.783 bits per heavy atom. The Kier molecular flexibility index (Phi) is 8.00. The van der Waals surface area contributed by atoms with E-state index in [1.807, 2.05) is 0 Å². The van der Waals surface area contributed by atoms with Gasteiger partial charge in [0.25, 0.3) is 10.1 Å². The summed E-state index contributed by atoms with van der Waals surface area (Å²) < 4.78 is 60.2. The molecule has 0 fully saturated rings. The van der Waals surface area contributed by atoms with Gasteiger partial charge in [-0.3, -0.25) is 4.55 Å². The molecule has 0 aliphatic rings. The van der Waals surface area contributed by atoms with E-state index in [-0.39, 0.29) is 45.2 Å². The number of rotatable bonds is 2. The predicted molar refractivity (Wildman–Crippen MR) is 77.5 cm³/mol. The first-order valence-corrected chi connectivity index (χ1v) is 8.34. The van der Waals surface area contributed by atoms with Crippen LogP contribution < -0.4 is 5.11 Å². The van der Waals surface area contributed by atoms with E-state index < -0.39 is 20.2 Å². The first-order chi connectivity index (χ1) is 10.00. The van der Waals surface area contributed by atoms with Crippen molar-refractivity contribution >= 4 is 44.1 Å². The molecule has 8 nitrogen and oxygen atoms in total. The van der Waals surface area contributed by atoms with Gasteiger partial charge in [0, 0.05) is 0 Å². The van der Waals surface area contributed by atoms with Crippen LogP contribution in [0.1, 0.15) is 0 Å². The summed E-state index contributed by atoms with van der Waals surface area (Å²) in [4.78, 5) is -0.604. The van der Waals surface area contributed by atoms with E-state index in [0.717, 1.165) is 36.4 Å². The minimum atomic E-state index is -4.41. The SMILES string of the molecule is O=S(=O)(O)c1ccc(O)cc1.O=S(=O)([O-])c1ccc([O-])cc1.[Sn+2]. The van der Waals surface area contributed by atoms with Crippen molar-refractivity contribution in [3.8, 4) is 11.5 Å². The quantitative estimate of drug-likeness (QED) is 0.461. The molecule has 23 heavy (non-hydrogen) atoms. The van der Waals surface area contributed by atoms with Crippen LogP contribution in [0, 0.1) is 0 Å². The molecule has 0 aliphatic heterocycles. The van der Waals surface area contributed by atoms with E-state index in [4.69, 9.17) is 9.66 Å². The second kappa shape index (κ2) is 8.49. The van der Waals surface area contributed by atoms with Gasteiger partial charge >= 0.3 is 23.9 Å². The van der Waals surface area contributed by atoms with E-state index in [1.54, 1.807) is 0 Å². The average molecular weight is 465 g/mol. The summed E-state index contributed by atoms with van der Waals surface area (Å²) in [6, 6.07) is 8.65. The first kappa shape index (κ1) is 21.7. The Labute approximate surface area is 149 Å². The third kappa shape index (κ3) is 7.65. The molecule has 0 bridgehead atoms. The van der Waals surface area contributed by atoms with Crippen molar-refractivity contribution in [3.05, 3.63) is 48.5 Å². The molecular formula is C12H10O8S2Sn. The monoisotopic (exact) mass is 466 g/mol. The van der Waals surface area contributed by atoms with Crippen LogP contribution in [0.4, 0.5) is 0 Å². The van der Waals surface area contributed by atoms with Crippen molar-refractivity contribution in [2.45, 2.75) is 9.79 Å². The molecule has 0 heterocycles. The molecule has 2 rings (SSSR count). The molecule has 11 heteroatoms. The second-order valence-electron chi connectivity index (χ2n) is 3.89. The molecular weight excluding hydrogens is 455 g/mol. The van der Waals surface area contributed by atoms with E-state index in [0.29, 0.717) is 0 Å². The van der Waals surface area contributed by atoms with Crippen LogP contribution in [0.2, 0.25) is 0 Å². The summed E-state index contributed by atoms with van der Waals surface area (Å²) >= 11 is 0. The maximum absolute atomic E-state index is 10.5. The van der Waals surface area contributed by atoms with Gasteiger partial charge in [-0.25, -0.2) is 8.42 Å². The van der Waals surface area contributed by atoms with Crippen LogP contribution in [0.15, 0.2) is 58.3 Å². The van der Waals surface area contributed by atoms with Crippen LogP contribution in [-0.2, 0) is 20.2 Å². The van der Waals surface area contributed by atoms with Crippen molar-refractivity contribution in [1.29, 1.82) is 0 Å². The van der Waals surface area contributed by atoms with Crippen LogP contribution >= 0.6 is 0 Å². The summed E-state index contributed by atoms with van der Waals surface area (Å²) in [5.74, 6) is -0.366. The van der Waals surface area contributed by atoms with E-state index in [2.05, 4.69) is 0 Å². The second-order valence-corrected chi connectivity index (χ2v) is 6.70. The molecule has 122 valence electrons. The zero-order chi connectivity index (χ0) is 17.0. The van der Waals surface area contributed by atoms with Gasteiger partial charge in [0.15, 0.2) is 0 Å². The first-order valence-electron chi connectivity index (χ1n) is 5.49. The van der Waals surface area contributed by atoms with Crippen molar-refractivity contribution in [3.63, 3.8) is 0 Å². The average Bonchev–Trinajstić information content (AvgIpc) is 2.38. The Bertz CT molecular complexity index is 754. The number of phenols is 1. The largest absolute Gasteiger partial charge is 2.00 e. The fourth-order valence-electron chi connectivity index (χ4n) is 1.22. The molecule has 2 N–H and O–H groups in total. The Balaban J connectivity index is 0.000000403. The standard InChI is InChI=1S/2C6H6O4S.Sn/c2*7-5-1-3-6(4-2-5)11(8,9)10;/h2*1-4,7H,(H,8,9,10);/q;;+2/p-2. The van der Waals surface area contributed by atoms with Crippen LogP contribution in [-0.4, -0.2) is 55.0 Å². The number of aromatic hydroxyl groups is 1. The topological polar surface area (TPSA) is 155 Å². The molecule has 2 radical (unpaired) electrons. The number of benzene rings is 2. The molecule has 0 saturated heterocycles. The molecule has 2 aromatic carbocycles. The molecule has 0 spiro atoms. The Hall–Kier alpha value is -1.34. The normalized spacial score (nSPS) is 10.9. The molecule has 2 aromatic rings. The molecule has 0 aromatic heterocycles. The molecule has 0 atom stereocenters. The zero-order valence-corrected chi connectivity index (χ0v) is 15.8. The fraction of sp³-hybridized carbons (Fsp3) is 0. The predicted octanol–water partition coefficient (Wildman–Crippen LogP) is -0.0776. The van der Waals surface area contributed by atoms with E-state index >= 15 is 0 Å². The van der Waals surface area contributed by atoms with Gasteiger partial charge < -0.3 is 14.8 Å². The number of hydrogen-bond donors (Lipinski definition) is 2. The Morgan fingerprint density at radius 2 is 1.17 bits per heavy atom. The van der Waals surface area contributed by atoms with Gasteiger partial charge in [-0.15, -0.1) is 5.75 Å². The summed E-state index contributed by atoms with van der Waals surface area (Å²) in [5.41, 5.74) is 0. The summed E-state index contributed by atoms with van der Waals surface area (Å²) in [7, 11) is -8.54. The minimum absolute atomic E-state index is 0. The summed E-state index contributed by atoms with van der Waals surface area (Å²) in [6.45, 7) is 0. The molecule has 0 aliphatic carbocycles. The smallest absolute Gasteiger partial charge is 0.872 e. The minimum Gasteiger partial charge on any atom is -0.872 e. The van der Waals surface area contributed by atoms with Gasteiger partial charge in [-0.05, 0) is 36.4 Å². The van der Waals surface area contributed by atoms with Gasteiger partial charge in [0.1, 0.15) is 15.9 Å². The molecule has 0 unspecified atom stereocenters. The molecule has 0 amide bonds. The van der Waals surface area contributed by atoms with Crippen molar-refractivity contribution in [1.82, 2.24) is 0 Å². The van der Waals surface area contributed by atoms with Crippen LogP contribution in [0.3, 0.4) is 0 Å². The van der Waals surface area contributed by atoms with Gasteiger partial charge in [0.2, 0.25) is 0 Å². The number of phenolic OH excluding ortho intramolecular Hbond substituents is 1. The summed E-state index contributed by atoms with van der Waals surface area (Å²) in [5, 5.41) is 19.2. The third-order valence-electron chi connectivity index (χ3n) is 2.25. The van der Waals surface area contributed by atoms with Crippen molar-refractivity contribution in [2.24, 2.45) is 0 Å². The van der Waals surface area contributed by atoms with Gasteiger partial charge in [-0.1, -0.05) is 12.1 Å². The van der Waals surface area contributed by atoms with Crippen LogP contribution in [0.25, 0.3) is 0 Å². The third-order valence-corrected chi connectivity index (χ3v) is 3.96. The van der Waals surface area contributed by atoms with E-state index in [9.17, 15) is 26.5 Å². The van der Waals surface area contributed by atoms with Crippen molar-refractivity contribution in [2.75, 3.05) is 0 Å². The van der Waals surface area contributed by atoms with Crippen molar-refractivity contribution < 1.29 is 36.2 Å². The van der Waals surface area contributed by atoms with E-state index in [1.165, 1.54) is 12.1 Å². The Morgan fingerprint density at radius 3 is 1.52 bits per heavy atom.